The van der Waals surface area contributed by atoms with E-state index in [1.807, 2.05) is 30.6 Å². The van der Waals surface area contributed by atoms with Crippen molar-refractivity contribution in [3.05, 3.63) is 48.5 Å². The van der Waals surface area contributed by atoms with Crippen molar-refractivity contribution in [3.63, 3.8) is 0 Å². The summed E-state index contributed by atoms with van der Waals surface area (Å²) in [6, 6.07) is 10.1. The third kappa shape index (κ3) is 1.97. The number of nitrogens with zero attached hydrogens (tertiary/aromatic N) is 2. The molecule has 0 saturated heterocycles. The lowest BCUT2D eigenvalue weighted by Gasteiger charge is -2.34. The predicted octanol–water partition coefficient (Wildman–Crippen LogP) is 3.07. The summed E-state index contributed by atoms with van der Waals surface area (Å²) >= 11 is 0. The highest BCUT2D eigenvalue weighted by atomic mass is 16.5. The van der Waals surface area contributed by atoms with Crippen molar-refractivity contribution in [2.45, 2.75) is 24.8 Å². The molecule has 1 fully saturated rings. The van der Waals surface area contributed by atoms with Crippen molar-refractivity contribution in [1.82, 2.24) is 15.1 Å². The Bertz CT molecular complexity index is 755. The molecule has 3 N–H and O–H groups in total. The maximum atomic E-state index is 6.25. The molecular formula is C16H16N4O. The summed E-state index contributed by atoms with van der Waals surface area (Å²) in [5.41, 5.74) is 8.91. The monoisotopic (exact) mass is 280 g/mol. The summed E-state index contributed by atoms with van der Waals surface area (Å²) in [5, 5.41) is 4.08. The molecule has 2 aromatic heterocycles. The van der Waals surface area contributed by atoms with Crippen LogP contribution in [-0.2, 0) is 5.54 Å². The van der Waals surface area contributed by atoms with Gasteiger partial charge in [-0.1, -0.05) is 35.5 Å². The number of nitrogens with one attached hydrogen (secondary N) is 1. The van der Waals surface area contributed by atoms with E-state index in [2.05, 4.69) is 27.3 Å². The van der Waals surface area contributed by atoms with Gasteiger partial charge in [0.2, 0.25) is 0 Å². The molecule has 0 aliphatic heterocycles. The van der Waals surface area contributed by atoms with Crippen LogP contribution in [0.3, 0.4) is 0 Å². The minimum atomic E-state index is -0.398. The molecule has 0 atom stereocenters. The average molecular weight is 280 g/mol. The molecule has 0 bridgehead atoms. The SMILES string of the molecule is NC1(c2noc(-c3c[nH]cc3-c3ccccc3)n2)CCC1. The third-order valence-electron chi connectivity index (χ3n) is 4.18. The number of H-pyrrole nitrogens is 1. The first kappa shape index (κ1) is 12.3. The van der Waals surface area contributed by atoms with E-state index in [0.717, 1.165) is 36.0 Å². The molecule has 0 spiro atoms. The maximum Gasteiger partial charge on any atom is 0.260 e. The lowest BCUT2D eigenvalue weighted by atomic mass is 9.77. The topological polar surface area (TPSA) is 80.7 Å². The van der Waals surface area contributed by atoms with Crippen molar-refractivity contribution in [1.29, 1.82) is 0 Å². The Balaban J connectivity index is 1.74. The minimum Gasteiger partial charge on any atom is -0.366 e. The second-order valence-corrected chi connectivity index (χ2v) is 5.58. The number of hydrogen-bond donors (Lipinski definition) is 2. The van der Waals surface area contributed by atoms with Crippen LogP contribution in [0.15, 0.2) is 47.2 Å². The Labute approximate surface area is 122 Å². The quantitative estimate of drug-likeness (QED) is 0.772. The summed E-state index contributed by atoms with van der Waals surface area (Å²) in [5.74, 6) is 1.13. The molecule has 5 heteroatoms. The number of nitrogens with two attached hydrogens (primary N) is 1. The Morgan fingerprint density at radius 3 is 2.57 bits per heavy atom. The van der Waals surface area contributed by atoms with Gasteiger partial charge in [0.25, 0.3) is 5.89 Å². The fraction of sp³-hybridized carbons (Fsp3) is 0.250. The highest BCUT2D eigenvalue weighted by Crippen LogP contribution is 2.38. The van der Waals surface area contributed by atoms with Gasteiger partial charge in [-0.25, -0.2) is 0 Å². The Kier molecular flexibility index (Phi) is 2.68. The van der Waals surface area contributed by atoms with Gasteiger partial charge in [0.1, 0.15) is 0 Å². The number of benzene rings is 1. The van der Waals surface area contributed by atoms with E-state index in [-0.39, 0.29) is 0 Å². The van der Waals surface area contributed by atoms with Gasteiger partial charge in [-0.15, -0.1) is 0 Å². The molecular weight excluding hydrogens is 264 g/mol. The largest absolute Gasteiger partial charge is 0.366 e. The van der Waals surface area contributed by atoms with Gasteiger partial charge >= 0.3 is 0 Å². The number of rotatable bonds is 3. The van der Waals surface area contributed by atoms with Crippen LogP contribution >= 0.6 is 0 Å². The van der Waals surface area contributed by atoms with E-state index in [0.29, 0.717) is 11.7 Å². The smallest absolute Gasteiger partial charge is 0.260 e. The molecule has 1 aliphatic rings. The molecule has 0 radical (unpaired) electrons. The average Bonchev–Trinajstić information content (AvgIpc) is 3.14. The molecule has 2 heterocycles. The van der Waals surface area contributed by atoms with Gasteiger partial charge in [-0.2, -0.15) is 4.98 Å². The highest BCUT2D eigenvalue weighted by Gasteiger charge is 2.39. The molecule has 21 heavy (non-hydrogen) atoms. The van der Waals surface area contributed by atoms with Crippen LogP contribution in [-0.4, -0.2) is 15.1 Å². The predicted molar refractivity (Wildman–Crippen MR) is 79.2 cm³/mol. The van der Waals surface area contributed by atoms with Crippen LogP contribution in [0, 0.1) is 0 Å². The van der Waals surface area contributed by atoms with Crippen LogP contribution in [0.25, 0.3) is 22.6 Å². The molecule has 0 amide bonds. The van der Waals surface area contributed by atoms with Crippen LogP contribution in [0.2, 0.25) is 0 Å². The third-order valence-corrected chi connectivity index (χ3v) is 4.18. The minimum absolute atomic E-state index is 0.398. The molecule has 1 aromatic carbocycles. The standard InChI is InChI=1S/C16H16N4O/c17-16(7-4-8-16)15-19-14(21-20-15)13-10-18-9-12(13)11-5-2-1-3-6-11/h1-3,5-6,9-10,18H,4,7-8,17H2. The van der Waals surface area contributed by atoms with Gasteiger partial charge in [-0.05, 0) is 24.8 Å². The van der Waals surface area contributed by atoms with Gasteiger partial charge in [0.15, 0.2) is 5.82 Å². The first-order chi connectivity index (χ1) is 10.3. The van der Waals surface area contributed by atoms with E-state index < -0.39 is 5.54 Å². The number of aromatic amines is 1. The summed E-state index contributed by atoms with van der Waals surface area (Å²) in [7, 11) is 0. The molecule has 0 unspecified atom stereocenters. The van der Waals surface area contributed by atoms with Crippen molar-refractivity contribution in [2.24, 2.45) is 5.73 Å². The van der Waals surface area contributed by atoms with Crippen molar-refractivity contribution in [3.8, 4) is 22.6 Å². The summed E-state index contributed by atoms with van der Waals surface area (Å²) in [6.07, 6.45) is 6.79. The van der Waals surface area contributed by atoms with Gasteiger partial charge in [0, 0.05) is 18.0 Å². The Hall–Kier alpha value is -2.40. The van der Waals surface area contributed by atoms with E-state index in [9.17, 15) is 0 Å². The zero-order valence-corrected chi connectivity index (χ0v) is 11.5. The Morgan fingerprint density at radius 1 is 1.10 bits per heavy atom. The number of aromatic nitrogens is 3. The molecule has 1 aliphatic carbocycles. The van der Waals surface area contributed by atoms with Gasteiger partial charge in [0.05, 0.1) is 11.1 Å². The van der Waals surface area contributed by atoms with Gasteiger partial charge in [-0.3, -0.25) is 0 Å². The summed E-state index contributed by atoms with van der Waals surface area (Å²) in [4.78, 5) is 7.62. The highest BCUT2D eigenvalue weighted by molar-refractivity contribution is 5.79. The fourth-order valence-electron chi connectivity index (χ4n) is 2.71. The van der Waals surface area contributed by atoms with E-state index in [1.54, 1.807) is 0 Å². The summed E-state index contributed by atoms with van der Waals surface area (Å²) in [6.45, 7) is 0. The van der Waals surface area contributed by atoms with E-state index >= 15 is 0 Å². The van der Waals surface area contributed by atoms with Gasteiger partial charge < -0.3 is 15.2 Å². The molecule has 4 rings (SSSR count). The fourth-order valence-corrected chi connectivity index (χ4v) is 2.71. The zero-order valence-electron chi connectivity index (χ0n) is 11.5. The van der Waals surface area contributed by atoms with Crippen molar-refractivity contribution < 1.29 is 4.52 Å². The first-order valence-corrected chi connectivity index (χ1v) is 7.12. The van der Waals surface area contributed by atoms with Crippen molar-refractivity contribution >= 4 is 0 Å². The maximum absolute atomic E-state index is 6.25. The molecule has 5 nitrogen and oxygen atoms in total. The normalized spacial score (nSPS) is 16.6. The van der Waals surface area contributed by atoms with Crippen LogP contribution in [0.5, 0.6) is 0 Å². The first-order valence-electron chi connectivity index (χ1n) is 7.12. The second-order valence-electron chi connectivity index (χ2n) is 5.58. The number of hydrogen-bond acceptors (Lipinski definition) is 4. The van der Waals surface area contributed by atoms with Crippen LogP contribution in [0.1, 0.15) is 25.1 Å². The van der Waals surface area contributed by atoms with Crippen molar-refractivity contribution in [2.75, 3.05) is 0 Å². The van der Waals surface area contributed by atoms with Crippen LogP contribution in [0.4, 0.5) is 0 Å². The lowest BCUT2D eigenvalue weighted by Crippen LogP contribution is -2.44. The molecule has 1 saturated carbocycles. The summed E-state index contributed by atoms with van der Waals surface area (Å²) < 4.78 is 5.43. The second kappa shape index (κ2) is 4.56. The lowest BCUT2D eigenvalue weighted by molar-refractivity contribution is 0.229. The van der Waals surface area contributed by atoms with E-state index in [1.165, 1.54) is 0 Å². The molecule has 3 aromatic rings. The molecule has 106 valence electrons. The van der Waals surface area contributed by atoms with Crippen LogP contribution < -0.4 is 5.73 Å². The zero-order chi connectivity index (χ0) is 14.3. The van der Waals surface area contributed by atoms with E-state index in [4.69, 9.17) is 10.3 Å². The Morgan fingerprint density at radius 2 is 1.86 bits per heavy atom.